The topological polar surface area (TPSA) is 50.9 Å². The van der Waals surface area contributed by atoms with Gasteiger partial charge in [0.05, 0.1) is 13.2 Å². The third kappa shape index (κ3) is 2.75. The number of hydrogen-bond donors (Lipinski definition) is 1. The van der Waals surface area contributed by atoms with Gasteiger partial charge in [0.2, 0.25) is 0 Å². The van der Waals surface area contributed by atoms with Gasteiger partial charge in [0, 0.05) is 10.6 Å². The molecule has 2 rings (SSSR count). The molecule has 1 aromatic heterocycles. The van der Waals surface area contributed by atoms with Gasteiger partial charge in [0.15, 0.2) is 5.69 Å². The van der Waals surface area contributed by atoms with Crippen molar-refractivity contribution in [1.29, 1.82) is 0 Å². The lowest BCUT2D eigenvalue weighted by molar-refractivity contribution is -0.145. The monoisotopic (exact) mass is 309 g/mol. The zero-order valence-corrected chi connectivity index (χ0v) is 10.6. The predicted molar refractivity (Wildman–Crippen MR) is 61.5 cm³/mol. The fraction of sp³-hybridized carbons (Fsp3) is 0.273. The first kappa shape index (κ1) is 14.7. The normalized spacial score (nSPS) is 11.9. The zero-order valence-electron chi connectivity index (χ0n) is 9.82. The lowest BCUT2D eigenvalue weighted by atomic mass is 10.2. The molecule has 108 valence electrons. The Hall–Kier alpha value is -1.67. The molecule has 0 fully saturated rings. The molecule has 0 bridgehead atoms. The second kappa shape index (κ2) is 5.37. The minimum Gasteiger partial charge on any atom is -0.390 e. The number of hydrogen-bond acceptors (Lipinski definition) is 3. The van der Waals surface area contributed by atoms with Crippen molar-refractivity contribution in [2.24, 2.45) is 0 Å². The maximum Gasteiger partial charge on any atom is 0.435 e. The molecule has 1 heterocycles. The molecule has 4 nitrogen and oxygen atoms in total. The number of alkyl halides is 3. The molecule has 0 aliphatic carbocycles. The van der Waals surface area contributed by atoms with E-state index in [0.29, 0.717) is 4.68 Å². The number of rotatable bonds is 3. The van der Waals surface area contributed by atoms with Crippen LogP contribution in [0.25, 0.3) is 0 Å². The number of nitrogens with zero attached hydrogens (tertiary/aromatic N) is 3. The standard InChI is InChI=1S/C11H8ClF4N3O/c12-7-2-1-3-8(13)6(7)4-19-10(11(14,15)16)9(5-20)17-18-19/h1-3,20H,4-5H2. The van der Waals surface area contributed by atoms with Crippen molar-refractivity contribution in [2.45, 2.75) is 19.3 Å². The van der Waals surface area contributed by atoms with Gasteiger partial charge in [0.25, 0.3) is 0 Å². The summed E-state index contributed by atoms with van der Waals surface area (Å²) in [5, 5.41) is 15.4. The van der Waals surface area contributed by atoms with Crippen molar-refractivity contribution in [3.8, 4) is 0 Å². The van der Waals surface area contributed by atoms with Crippen LogP contribution in [0.2, 0.25) is 5.02 Å². The minimum atomic E-state index is -4.76. The van der Waals surface area contributed by atoms with Gasteiger partial charge >= 0.3 is 6.18 Å². The molecule has 0 radical (unpaired) electrons. The molecular weight excluding hydrogens is 302 g/mol. The Morgan fingerprint density at radius 3 is 2.55 bits per heavy atom. The highest BCUT2D eigenvalue weighted by Gasteiger charge is 2.39. The summed E-state index contributed by atoms with van der Waals surface area (Å²) in [6.07, 6.45) is -4.76. The molecule has 0 spiro atoms. The molecule has 0 unspecified atom stereocenters. The van der Waals surface area contributed by atoms with E-state index in [9.17, 15) is 17.6 Å². The van der Waals surface area contributed by atoms with Crippen LogP contribution in [0.4, 0.5) is 17.6 Å². The first-order chi connectivity index (χ1) is 9.34. The van der Waals surface area contributed by atoms with Crippen LogP contribution in [-0.2, 0) is 19.3 Å². The van der Waals surface area contributed by atoms with E-state index in [4.69, 9.17) is 16.7 Å². The summed E-state index contributed by atoms with van der Waals surface area (Å²) >= 11 is 5.75. The van der Waals surface area contributed by atoms with Gasteiger partial charge in [-0.1, -0.05) is 22.9 Å². The van der Waals surface area contributed by atoms with Gasteiger partial charge in [-0.15, -0.1) is 5.10 Å². The Morgan fingerprint density at radius 1 is 1.30 bits per heavy atom. The molecule has 0 aliphatic heterocycles. The highest BCUT2D eigenvalue weighted by atomic mass is 35.5. The third-order valence-corrected chi connectivity index (χ3v) is 2.95. The van der Waals surface area contributed by atoms with E-state index in [1.165, 1.54) is 12.1 Å². The lowest BCUT2D eigenvalue weighted by Gasteiger charge is -2.11. The molecule has 9 heteroatoms. The van der Waals surface area contributed by atoms with Crippen LogP contribution in [0, 0.1) is 5.82 Å². The van der Waals surface area contributed by atoms with Gasteiger partial charge in [0.1, 0.15) is 11.5 Å². The Balaban J connectivity index is 2.47. The molecule has 1 N–H and O–H groups in total. The molecule has 0 amide bonds. The largest absolute Gasteiger partial charge is 0.435 e. The summed E-state index contributed by atoms with van der Waals surface area (Å²) in [5.74, 6) is -0.744. The second-order valence-corrected chi connectivity index (χ2v) is 4.31. The summed E-state index contributed by atoms with van der Waals surface area (Å²) in [4.78, 5) is 0. The summed E-state index contributed by atoms with van der Waals surface area (Å²) < 4.78 is 52.7. The molecule has 0 atom stereocenters. The number of aliphatic hydroxyl groups excluding tert-OH is 1. The van der Waals surface area contributed by atoms with E-state index < -0.39 is 36.5 Å². The zero-order chi connectivity index (χ0) is 14.9. The van der Waals surface area contributed by atoms with Crippen LogP contribution in [0.15, 0.2) is 18.2 Å². The second-order valence-electron chi connectivity index (χ2n) is 3.90. The smallest absolute Gasteiger partial charge is 0.390 e. The summed E-state index contributed by atoms with van der Waals surface area (Å²) in [6, 6.07) is 3.78. The van der Waals surface area contributed by atoms with E-state index >= 15 is 0 Å². The van der Waals surface area contributed by atoms with Crippen LogP contribution >= 0.6 is 11.6 Å². The van der Waals surface area contributed by atoms with Crippen LogP contribution < -0.4 is 0 Å². The van der Waals surface area contributed by atoms with Gasteiger partial charge in [-0.05, 0) is 12.1 Å². The Bertz CT molecular complexity index is 606. The first-order valence-electron chi connectivity index (χ1n) is 5.38. The van der Waals surface area contributed by atoms with Crippen LogP contribution in [0.3, 0.4) is 0 Å². The average molecular weight is 310 g/mol. The summed E-state index contributed by atoms with van der Waals surface area (Å²) in [5.41, 5.74) is -1.97. The quantitative estimate of drug-likeness (QED) is 0.887. The molecule has 0 saturated carbocycles. The van der Waals surface area contributed by atoms with Crippen molar-refractivity contribution in [3.05, 3.63) is 46.0 Å². The Morgan fingerprint density at radius 2 is 2.00 bits per heavy atom. The highest BCUT2D eigenvalue weighted by molar-refractivity contribution is 6.31. The Labute approximate surface area is 115 Å². The van der Waals surface area contributed by atoms with Gasteiger partial charge < -0.3 is 5.11 Å². The summed E-state index contributed by atoms with van der Waals surface area (Å²) in [6.45, 7) is -1.45. The Kier molecular flexibility index (Phi) is 3.96. The SMILES string of the molecule is OCc1nnn(Cc2c(F)cccc2Cl)c1C(F)(F)F. The average Bonchev–Trinajstić information content (AvgIpc) is 2.76. The molecule has 2 aromatic rings. The van der Waals surface area contributed by atoms with Crippen molar-refractivity contribution in [3.63, 3.8) is 0 Å². The van der Waals surface area contributed by atoms with E-state index in [1.54, 1.807) is 0 Å². The molecular formula is C11H8ClF4N3O. The molecule has 0 saturated heterocycles. The van der Waals surface area contributed by atoms with Crippen LogP contribution in [-0.4, -0.2) is 20.1 Å². The molecule has 0 aliphatic rings. The van der Waals surface area contributed by atoms with Crippen LogP contribution in [0.1, 0.15) is 17.0 Å². The minimum absolute atomic E-state index is 0.0147. The summed E-state index contributed by atoms with van der Waals surface area (Å²) in [7, 11) is 0. The fourth-order valence-electron chi connectivity index (χ4n) is 1.71. The van der Waals surface area contributed by atoms with Gasteiger partial charge in [-0.3, -0.25) is 0 Å². The first-order valence-corrected chi connectivity index (χ1v) is 5.75. The van der Waals surface area contributed by atoms with Gasteiger partial charge in [-0.2, -0.15) is 13.2 Å². The maximum atomic E-state index is 13.6. The maximum absolute atomic E-state index is 13.6. The molecule has 20 heavy (non-hydrogen) atoms. The van der Waals surface area contributed by atoms with Gasteiger partial charge in [-0.25, -0.2) is 9.07 Å². The molecule has 1 aromatic carbocycles. The number of aromatic nitrogens is 3. The van der Waals surface area contributed by atoms with Crippen LogP contribution in [0.5, 0.6) is 0 Å². The van der Waals surface area contributed by atoms with E-state index in [-0.39, 0.29) is 10.6 Å². The highest BCUT2D eigenvalue weighted by Crippen LogP contribution is 2.32. The van der Waals surface area contributed by atoms with Crippen molar-refractivity contribution >= 4 is 11.6 Å². The lowest BCUT2D eigenvalue weighted by Crippen LogP contribution is -2.18. The van der Waals surface area contributed by atoms with Crippen molar-refractivity contribution < 1.29 is 22.7 Å². The predicted octanol–water partition coefficient (Wildman–Crippen LogP) is 2.63. The van der Waals surface area contributed by atoms with Crippen molar-refractivity contribution in [1.82, 2.24) is 15.0 Å². The number of halogens is 5. The number of aliphatic hydroxyl groups is 1. The fourth-order valence-corrected chi connectivity index (χ4v) is 1.93. The van der Waals surface area contributed by atoms with E-state index in [1.807, 2.05) is 0 Å². The third-order valence-electron chi connectivity index (χ3n) is 2.59. The number of benzene rings is 1. The van der Waals surface area contributed by atoms with Crippen molar-refractivity contribution in [2.75, 3.05) is 0 Å². The van der Waals surface area contributed by atoms with E-state index in [2.05, 4.69) is 10.3 Å². The van der Waals surface area contributed by atoms with E-state index in [0.717, 1.165) is 6.07 Å².